The van der Waals surface area contributed by atoms with Crippen LogP contribution in [0.3, 0.4) is 0 Å². The van der Waals surface area contributed by atoms with E-state index in [-0.39, 0.29) is 0 Å². The van der Waals surface area contributed by atoms with E-state index in [1.807, 2.05) is 0 Å². The Morgan fingerprint density at radius 2 is 2.10 bits per heavy atom. The van der Waals surface area contributed by atoms with Gasteiger partial charge in [0.05, 0.1) is 6.10 Å². The third-order valence-corrected chi connectivity index (χ3v) is 5.21. The lowest BCUT2D eigenvalue weighted by Gasteiger charge is -2.35. The van der Waals surface area contributed by atoms with E-state index in [2.05, 4.69) is 50.4 Å². The highest BCUT2D eigenvalue weighted by Crippen LogP contribution is 2.49. The maximum Gasteiger partial charge on any atom is 0.120 e. The van der Waals surface area contributed by atoms with Crippen LogP contribution in [0, 0.1) is 11.3 Å². The first-order chi connectivity index (χ1) is 10.1. The molecule has 1 aromatic carbocycles. The summed E-state index contributed by atoms with van der Waals surface area (Å²) in [6.45, 7) is 8.09. The third-order valence-electron chi connectivity index (χ3n) is 5.21. The summed E-state index contributed by atoms with van der Waals surface area (Å²) in [6.07, 6.45) is 6.95. The summed E-state index contributed by atoms with van der Waals surface area (Å²) in [5.74, 6) is 1.77. The quantitative estimate of drug-likeness (QED) is 0.818. The lowest BCUT2D eigenvalue weighted by atomic mass is 9.75. The third kappa shape index (κ3) is 3.42. The largest absolute Gasteiger partial charge is 0.490 e. The predicted octanol–water partition coefficient (Wildman–Crippen LogP) is 4.70. The summed E-state index contributed by atoms with van der Waals surface area (Å²) < 4.78 is 5.98. The second-order valence-electron chi connectivity index (χ2n) is 7.41. The first-order valence-electron chi connectivity index (χ1n) is 8.60. The van der Waals surface area contributed by atoms with Crippen molar-refractivity contribution in [3.8, 4) is 5.75 Å². The average Bonchev–Trinajstić information content (AvgIpc) is 3.19. The molecule has 1 aromatic rings. The van der Waals surface area contributed by atoms with Gasteiger partial charge >= 0.3 is 0 Å². The molecule has 2 unspecified atom stereocenters. The number of benzene rings is 1. The van der Waals surface area contributed by atoms with Crippen molar-refractivity contribution in [1.82, 2.24) is 5.32 Å². The number of nitrogens with one attached hydrogen (secondary N) is 1. The van der Waals surface area contributed by atoms with Gasteiger partial charge < -0.3 is 10.1 Å². The van der Waals surface area contributed by atoms with Crippen LogP contribution in [0.4, 0.5) is 0 Å². The first kappa shape index (κ1) is 14.9. The predicted molar refractivity (Wildman–Crippen MR) is 87.6 cm³/mol. The second kappa shape index (κ2) is 6.00. The molecule has 2 aliphatic carbocycles. The molecule has 3 rings (SSSR count). The molecule has 0 saturated heterocycles. The van der Waals surface area contributed by atoms with Crippen molar-refractivity contribution >= 4 is 0 Å². The highest BCUT2D eigenvalue weighted by Gasteiger charge is 2.39. The molecule has 0 aromatic heterocycles. The first-order valence-corrected chi connectivity index (χ1v) is 8.60. The molecule has 116 valence electrons. The molecular weight excluding hydrogens is 258 g/mol. The molecule has 2 fully saturated rings. The van der Waals surface area contributed by atoms with Gasteiger partial charge in [0.15, 0.2) is 0 Å². The second-order valence-corrected chi connectivity index (χ2v) is 7.41. The smallest absolute Gasteiger partial charge is 0.120 e. The zero-order chi connectivity index (χ0) is 14.9. The molecule has 0 radical (unpaired) electrons. The van der Waals surface area contributed by atoms with Crippen LogP contribution in [0.2, 0.25) is 0 Å². The molecule has 0 bridgehead atoms. The van der Waals surface area contributed by atoms with Crippen LogP contribution < -0.4 is 10.1 Å². The molecule has 0 spiro atoms. The van der Waals surface area contributed by atoms with Crippen molar-refractivity contribution in [2.24, 2.45) is 11.3 Å². The van der Waals surface area contributed by atoms with Crippen molar-refractivity contribution in [2.45, 2.75) is 65.0 Å². The van der Waals surface area contributed by atoms with Crippen molar-refractivity contribution < 1.29 is 4.74 Å². The Labute approximate surface area is 129 Å². The summed E-state index contributed by atoms with van der Waals surface area (Å²) in [5.41, 5.74) is 1.83. The lowest BCUT2D eigenvalue weighted by Crippen LogP contribution is -2.33. The van der Waals surface area contributed by atoms with Gasteiger partial charge in [-0.1, -0.05) is 39.3 Å². The zero-order valence-corrected chi connectivity index (χ0v) is 13.7. The minimum Gasteiger partial charge on any atom is -0.490 e. The lowest BCUT2D eigenvalue weighted by molar-refractivity contribution is 0.198. The highest BCUT2D eigenvalue weighted by atomic mass is 16.5. The summed E-state index contributed by atoms with van der Waals surface area (Å²) in [6, 6.07) is 9.24. The molecule has 2 atom stereocenters. The number of hydrogen-bond acceptors (Lipinski definition) is 2. The normalized spacial score (nSPS) is 25.8. The summed E-state index contributed by atoms with van der Waals surface area (Å²) in [5, 5.41) is 3.74. The van der Waals surface area contributed by atoms with Gasteiger partial charge in [0.1, 0.15) is 5.75 Å². The number of rotatable bonds is 6. The standard InChI is InChI=1S/C19H29NO/c1-4-20-18(17-9-6-12-19(17,2)3)14-7-5-8-16(13-14)21-15-10-11-15/h5,7-8,13,15,17-18,20H,4,6,9-12H2,1-3H3. The minimum atomic E-state index is 0.431. The van der Waals surface area contributed by atoms with E-state index in [0.717, 1.165) is 12.3 Å². The van der Waals surface area contributed by atoms with E-state index in [1.165, 1.54) is 37.7 Å². The van der Waals surface area contributed by atoms with Gasteiger partial charge in [-0.05, 0) is 61.3 Å². The van der Waals surface area contributed by atoms with E-state index in [4.69, 9.17) is 4.74 Å². The molecule has 0 aliphatic heterocycles. The highest BCUT2D eigenvalue weighted by molar-refractivity contribution is 5.32. The Hall–Kier alpha value is -1.02. The van der Waals surface area contributed by atoms with Gasteiger partial charge in [-0.3, -0.25) is 0 Å². The van der Waals surface area contributed by atoms with Crippen LogP contribution in [-0.4, -0.2) is 12.6 Å². The van der Waals surface area contributed by atoms with Crippen molar-refractivity contribution in [2.75, 3.05) is 6.54 Å². The van der Waals surface area contributed by atoms with Crippen LogP contribution in [-0.2, 0) is 0 Å². The summed E-state index contributed by atoms with van der Waals surface area (Å²) >= 11 is 0. The Balaban J connectivity index is 1.82. The van der Waals surface area contributed by atoms with Crippen molar-refractivity contribution in [1.29, 1.82) is 0 Å². The average molecular weight is 287 g/mol. The minimum absolute atomic E-state index is 0.431. The van der Waals surface area contributed by atoms with Gasteiger partial charge in [-0.25, -0.2) is 0 Å². The molecule has 2 heteroatoms. The summed E-state index contributed by atoms with van der Waals surface area (Å²) in [4.78, 5) is 0. The number of hydrogen-bond donors (Lipinski definition) is 1. The topological polar surface area (TPSA) is 21.3 Å². The fraction of sp³-hybridized carbons (Fsp3) is 0.684. The van der Waals surface area contributed by atoms with Gasteiger partial charge in [0, 0.05) is 6.04 Å². The maximum atomic E-state index is 5.98. The van der Waals surface area contributed by atoms with Gasteiger partial charge in [-0.15, -0.1) is 0 Å². The molecule has 0 heterocycles. The molecule has 21 heavy (non-hydrogen) atoms. The Morgan fingerprint density at radius 3 is 2.71 bits per heavy atom. The van der Waals surface area contributed by atoms with Gasteiger partial charge in [0.2, 0.25) is 0 Å². The number of ether oxygens (including phenoxy) is 1. The van der Waals surface area contributed by atoms with E-state index < -0.39 is 0 Å². The molecule has 2 nitrogen and oxygen atoms in total. The molecule has 2 aliphatic rings. The van der Waals surface area contributed by atoms with E-state index in [1.54, 1.807) is 0 Å². The van der Waals surface area contributed by atoms with E-state index in [9.17, 15) is 0 Å². The Kier molecular flexibility index (Phi) is 4.26. The van der Waals surface area contributed by atoms with Crippen LogP contribution >= 0.6 is 0 Å². The maximum absolute atomic E-state index is 5.98. The van der Waals surface area contributed by atoms with Crippen LogP contribution in [0.15, 0.2) is 24.3 Å². The van der Waals surface area contributed by atoms with Crippen molar-refractivity contribution in [3.05, 3.63) is 29.8 Å². The van der Waals surface area contributed by atoms with Gasteiger partial charge in [0.25, 0.3) is 0 Å². The van der Waals surface area contributed by atoms with Gasteiger partial charge in [-0.2, -0.15) is 0 Å². The van der Waals surface area contributed by atoms with Crippen LogP contribution in [0.5, 0.6) is 5.75 Å². The molecule has 1 N–H and O–H groups in total. The van der Waals surface area contributed by atoms with Crippen LogP contribution in [0.1, 0.15) is 64.5 Å². The fourth-order valence-electron chi connectivity index (χ4n) is 3.84. The summed E-state index contributed by atoms with van der Waals surface area (Å²) in [7, 11) is 0. The van der Waals surface area contributed by atoms with Crippen molar-refractivity contribution in [3.63, 3.8) is 0 Å². The van der Waals surface area contributed by atoms with E-state index >= 15 is 0 Å². The van der Waals surface area contributed by atoms with E-state index in [0.29, 0.717) is 23.5 Å². The van der Waals surface area contributed by atoms with Crippen LogP contribution in [0.25, 0.3) is 0 Å². The molecular formula is C19H29NO. The zero-order valence-electron chi connectivity index (χ0n) is 13.7. The Bertz CT molecular complexity index is 478. The molecule has 2 saturated carbocycles. The fourth-order valence-corrected chi connectivity index (χ4v) is 3.84. The molecule has 0 amide bonds. The Morgan fingerprint density at radius 1 is 1.29 bits per heavy atom. The SMILES string of the molecule is CCNC(c1cccc(OC2CC2)c1)C1CCCC1(C)C. The monoisotopic (exact) mass is 287 g/mol.